The summed E-state index contributed by atoms with van der Waals surface area (Å²) in [5.41, 5.74) is 4.94. The fraction of sp³-hybridized carbons (Fsp3) is 0.769. The molecule has 2 rings (SSSR count). The monoisotopic (exact) mass is 282 g/mol. The molecular formula is C13H22N4O3. The summed E-state index contributed by atoms with van der Waals surface area (Å²) in [6.45, 7) is 1.33. The van der Waals surface area contributed by atoms with Crippen molar-refractivity contribution < 1.29 is 14.8 Å². The van der Waals surface area contributed by atoms with Gasteiger partial charge in [0.15, 0.2) is 5.84 Å². The Morgan fingerprint density at radius 3 is 2.65 bits per heavy atom. The van der Waals surface area contributed by atoms with Crippen LogP contribution in [0.1, 0.15) is 38.5 Å². The molecule has 0 bridgehead atoms. The average Bonchev–Trinajstić information content (AvgIpc) is 2.71. The second kappa shape index (κ2) is 6.11. The maximum Gasteiger partial charge on any atom is 0.236 e. The highest BCUT2D eigenvalue weighted by Crippen LogP contribution is 2.38. The van der Waals surface area contributed by atoms with Crippen LogP contribution in [0.4, 0.5) is 0 Å². The standard InChI is InChI=1S/C13H22N4O3/c14-11(16-20)13(5-2-1-3-6-13)12(19)17-8-4-10(18)15-7-9-17/h20H,1-9H2,(H2,14,16)(H,15,18). The molecule has 0 spiro atoms. The molecule has 0 aromatic heterocycles. The van der Waals surface area contributed by atoms with Gasteiger partial charge in [-0.2, -0.15) is 0 Å². The topological polar surface area (TPSA) is 108 Å². The first-order valence-corrected chi connectivity index (χ1v) is 7.14. The molecule has 1 saturated heterocycles. The van der Waals surface area contributed by atoms with Crippen molar-refractivity contribution in [3.05, 3.63) is 0 Å². The van der Waals surface area contributed by atoms with Crippen molar-refractivity contribution in [2.45, 2.75) is 38.5 Å². The Morgan fingerprint density at radius 2 is 2.00 bits per heavy atom. The highest BCUT2D eigenvalue weighted by Gasteiger charge is 2.46. The predicted molar refractivity (Wildman–Crippen MR) is 73.1 cm³/mol. The molecule has 1 aliphatic heterocycles. The summed E-state index contributed by atoms with van der Waals surface area (Å²) < 4.78 is 0. The maximum atomic E-state index is 12.8. The highest BCUT2D eigenvalue weighted by atomic mass is 16.4. The second-order valence-corrected chi connectivity index (χ2v) is 5.52. The molecule has 0 unspecified atom stereocenters. The first-order chi connectivity index (χ1) is 9.60. The summed E-state index contributed by atoms with van der Waals surface area (Å²) in [6.07, 6.45) is 4.38. The van der Waals surface area contributed by atoms with Crippen molar-refractivity contribution >= 4 is 17.6 Å². The van der Waals surface area contributed by atoms with Gasteiger partial charge in [-0.3, -0.25) is 9.59 Å². The predicted octanol–water partition coefficient (Wildman–Crippen LogP) is 0.0318. The lowest BCUT2D eigenvalue weighted by molar-refractivity contribution is -0.139. The molecule has 20 heavy (non-hydrogen) atoms. The largest absolute Gasteiger partial charge is 0.409 e. The van der Waals surface area contributed by atoms with Crippen molar-refractivity contribution in [3.8, 4) is 0 Å². The van der Waals surface area contributed by atoms with Crippen molar-refractivity contribution in [2.24, 2.45) is 16.3 Å². The Morgan fingerprint density at radius 1 is 1.30 bits per heavy atom. The third kappa shape index (κ3) is 2.71. The number of nitrogens with two attached hydrogens (primary N) is 1. The zero-order chi connectivity index (χ0) is 14.6. The van der Waals surface area contributed by atoms with Crippen LogP contribution in [0.3, 0.4) is 0 Å². The molecule has 0 aromatic rings. The van der Waals surface area contributed by atoms with Gasteiger partial charge in [0.25, 0.3) is 0 Å². The Hall–Kier alpha value is -1.79. The highest BCUT2D eigenvalue weighted by molar-refractivity contribution is 6.07. The van der Waals surface area contributed by atoms with Crippen molar-refractivity contribution in [1.29, 1.82) is 0 Å². The Bertz CT molecular complexity index is 416. The van der Waals surface area contributed by atoms with Crippen LogP contribution < -0.4 is 11.1 Å². The van der Waals surface area contributed by atoms with Gasteiger partial charge in [-0.15, -0.1) is 0 Å². The number of hydrogen-bond donors (Lipinski definition) is 3. The van der Waals surface area contributed by atoms with Crippen molar-refractivity contribution in [1.82, 2.24) is 10.2 Å². The maximum absolute atomic E-state index is 12.8. The van der Waals surface area contributed by atoms with Gasteiger partial charge in [-0.05, 0) is 12.8 Å². The van der Waals surface area contributed by atoms with Gasteiger partial charge in [-0.25, -0.2) is 0 Å². The third-order valence-electron chi connectivity index (χ3n) is 4.31. The lowest BCUT2D eigenvalue weighted by Crippen LogP contribution is -2.53. The Balaban J connectivity index is 2.20. The minimum atomic E-state index is -0.889. The minimum absolute atomic E-state index is 0.00531. The third-order valence-corrected chi connectivity index (χ3v) is 4.31. The van der Waals surface area contributed by atoms with Crippen LogP contribution >= 0.6 is 0 Å². The Labute approximate surface area is 118 Å². The molecule has 7 heteroatoms. The van der Waals surface area contributed by atoms with Gasteiger partial charge in [0, 0.05) is 26.1 Å². The van der Waals surface area contributed by atoms with E-state index >= 15 is 0 Å². The van der Waals surface area contributed by atoms with Gasteiger partial charge in [0.2, 0.25) is 11.8 Å². The van der Waals surface area contributed by atoms with Crippen LogP contribution in [0.5, 0.6) is 0 Å². The quantitative estimate of drug-likeness (QED) is 0.287. The molecular weight excluding hydrogens is 260 g/mol. The van der Waals surface area contributed by atoms with Gasteiger partial charge >= 0.3 is 0 Å². The average molecular weight is 282 g/mol. The number of rotatable bonds is 2. The number of nitrogens with zero attached hydrogens (tertiary/aromatic N) is 2. The molecule has 0 radical (unpaired) electrons. The number of amides is 2. The molecule has 0 atom stereocenters. The summed E-state index contributed by atoms with van der Waals surface area (Å²) in [7, 11) is 0. The fourth-order valence-electron chi connectivity index (χ4n) is 3.10. The summed E-state index contributed by atoms with van der Waals surface area (Å²) in [6, 6.07) is 0. The molecule has 2 amide bonds. The van der Waals surface area contributed by atoms with Crippen LogP contribution in [0, 0.1) is 5.41 Å². The van der Waals surface area contributed by atoms with Crippen molar-refractivity contribution in [2.75, 3.05) is 19.6 Å². The van der Waals surface area contributed by atoms with E-state index in [-0.39, 0.29) is 17.6 Å². The summed E-state index contributed by atoms with van der Waals surface area (Å²) in [5, 5.41) is 14.9. The summed E-state index contributed by atoms with van der Waals surface area (Å²) in [4.78, 5) is 25.9. The molecule has 1 saturated carbocycles. The molecule has 1 heterocycles. The number of nitrogens with one attached hydrogen (secondary N) is 1. The molecule has 2 fully saturated rings. The van der Waals surface area contributed by atoms with E-state index in [2.05, 4.69) is 10.5 Å². The van der Waals surface area contributed by atoms with E-state index in [1.54, 1.807) is 4.90 Å². The van der Waals surface area contributed by atoms with E-state index in [0.717, 1.165) is 19.3 Å². The first-order valence-electron chi connectivity index (χ1n) is 7.14. The molecule has 4 N–H and O–H groups in total. The number of oxime groups is 1. The fourth-order valence-corrected chi connectivity index (χ4v) is 3.10. The van der Waals surface area contributed by atoms with E-state index in [0.29, 0.717) is 38.9 Å². The molecule has 0 aromatic carbocycles. The van der Waals surface area contributed by atoms with E-state index in [4.69, 9.17) is 10.9 Å². The normalized spacial score (nSPS) is 23.9. The van der Waals surface area contributed by atoms with Crippen molar-refractivity contribution in [3.63, 3.8) is 0 Å². The second-order valence-electron chi connectivity index (χ2n) is 5.52. The SMILES string of the molecule is NC(=NO)C1(C(=O)N2CCNC(=O)CC2)CCCCC1. The van der Waals surface area contributed by atoms with E-state index in [1.807, 2.05) is 0 Å². The van der Waals surface area contributed by atoms with Gasteiger partial charge in [-0.1, -0.05) is 24.4 Å². The lowest BCUT2D eigenvalue weighted by Gasteiger charge is -2.38. The van der Waals surface area contributed by atoms with Gasteiger partial charge in [0.1, 0.15) is 5.41 Å². The Kier molecular flexibility index (Phi) is 4.46. The number of amidine groups is 1. The summed E-state index contributed by atoms with van der Waals surface area (Å²) >= 11 is 0. The van der Waals surface area contributed by atoms with Crippen LogP contribution in [0.25, 0.3) is 0 Å². The van der Waals surface area contributed by atoms with E-state index < -0.39 is 5.41 Å². The van der Waals surface area contributed by atoms with E-state index in [1.165, 1.54) is 0 Å². The zero-order valence-electron chi connectivity index (χ0n) is 11.6. The lowest BCUT2D eigenvalue weighted by atomic mass is 9.72. The smallest absolute Gasteiger partial charge is 0.236 e. The summed E-state index contributed by atoms with van der Waals surface area (Å²) in [5.74, 6) is -0.142. The minimum Gasteiger partial charge on any atom is -0.409 e. The molecule has 2 aliphatic rings. The van der Waals surface area contributed by atoms with Gasteiger partial charge < -0.3 is 21.2 Å². The van der Waals surface area contributed by atoms with E-state index in [9.17, 15) is 9.59 Å². The number of carbonyl (C=O) groups excluding carboxylic acids is 2. The molecule has 7 nitrogen and oxygen atoms in total. The molecule has 1 aliphatic carbocycles. The molecule has 112 valence electrons. The van der Waals surface area contributed by atoms with Gasteiger partial charge in [0.05, 0.1) is 0 Å². The van der Waals surface area contributed by atoms with Crippen LogP contribution in [0.15, 0.2) is 5.16 Å². The van der Waals surface area contributed by atoms with Crippen LogP contribution in [-0.2, 0) is 9.59 Å². The van der Waals surface area contributed by atoms with Crippen LogP contribution in [-0.4, -0.2) is 47.4 Å². The first kappa shape index (κ1) is 14.6. The zero-order valence-corrected chi connectivity index (χ0v) is 11.6. The number of hydrogen-bond acceptors (Lipinski definition) is 4. The number of carbonyl (C=O) groups is 2. The van der Waals surface area contributed by atoms with Crippen LogP contribution in [0.2, 0.25) is 0 Å².